The van der Waals surface area contributed by atoms with Crippen LogP contribution in [-0.4, -0.2) is 43.8 Å². The quantitative estimate of drug-likeness (QED) is 0.247. The Morgan fingerprint density at radius 1 is 0.846 bits per heavy atom. The van der Waals surface area contributed by atoms with Gasteiger partial charge in [-0.15, -0.1) is 0 Å². The van der Waals surface area contributed by atoms with Gasteiger partial charge in [-0.3, -0.25) is 0 Å². The van der Waals surface area contributed by atoms with Crippen molar-refractivity contribution in [3.63, 3.8) is 0 Å². The number of methoxy groups -OCH3 is 1. The summed E-state index contributed by atoms with van der Waals surface area (Å²) in [7, 11) is 5.74. The average molecular weight is 526 g/mol. The van der Waals surface area contributed by atoms with Crippen molar-refractivity contribution in [1.82, 2.24) is 15.3 Å². The SMILES string of the molecule is COc1ccc(CNC[C@H]2CC[C@@H](Nc3nc(N(C)C)c4ccccc4n3)CC2)cc1OCc1ccccc1. The predicted molar refractivity (Wildman–Crippen MR) is 159 cm³/mol. The highest BCUT2D eigenvalue weighted by molar-refractivity contribution is 5.90. The minimum Gasteiger partial charge on any atom is -0.493 e. The van der Waals surface area contributed by atoms with Crippen LogP contribution in [0.1, 0.15) is 36.8 Å². The molecular formula is C32H39N5O2. The number of hydrogen-bond acceptors (Lipinski definition) is 7. The molecule has 0 atom stereocenters. The van der Waals surface area contributed by atoms with Crippen LogP contribution in [0, 0.1) is 5.92 Å². The van der Waals surface area contributed by atoms with E-state index in [1.165, 1.54) is 18.4 Å². The lowest BCUT2D eigenvalue weighted by Gasteiger charge is -2.29. The molecule has 3 aromatic carbocycles. The van der Waals surface area contributed by atoms with Gasteiger partial charge in [0.15, 0.2) is 11.5 Å². The van der Waals surface area contributed by atoms with E-state index in [4.69, 9.17) is 19.4 Å². The van der Waals surface area contributed by atoms with E-state index in [0.717, 1.165) is 65.7 Å². The molecule has 7 nitrogen and oxygen atoms in total. The van der Waals surface area contributed by atoms with Gasteiger partial charge in [-0.1, -0.05) is 48.5 Å². The number of nitrogens with one attached hydrogen (secondary N) is 2. The van der Waals surface area contributed by atoms with Gasteiger partial charge in [0, 0.05) is 32.1 Å². The highest BCUT2D eigenvalue weighted by Gasteiger charge is 2.22. The minimum absolute atomic E-state index is 0.406. The fourth-order valence-electron chi connectivity index (χ4n) is 5.26. The molecule has 0 bridgehead atoms. The highest BCUT2D eigenvalue weighted by atomic mass is 16.5. The summed E-state index contributed by atoms with van der Waals surface area (Å²) in [6.45, 7) is 2.34. The van der Waals surface area contributed by atoms with Gasteiger partial charge in [0.05, 0.1) is 12.6 Å². The summed E-state index contributed by atoms with van der Waals surface area (Å²) in [4.78, 5) is 11.7. The molecule has 1 aliphatic rings. The minimum atomic E-state index is 0.406. The fourth-order valence-corrected chi connectivity index (χ4v) is 5.26. The monoisotopic (exact) mass is 525 g/mol. The lowest BCUT2D eigenvalue weighted by molar-refractivity contribution is 0.284. The highest BCUT2D eigenvalue weighted by Crippen LogP contribution is 2.30. The molecule has 4 aromatic rings. The molecule has 39 heavy (non-hydrogen) atoms. The number of rotatable bonds is 11. The summed E-state index contributed by atoms with van der Waals surface area (Å²) in [5, 5.41) is 8.36. The van der Waals surface area contributed by atoms with Crippen molar-refractivity contribution in [3.8, 4) is 11.5 Å². The summed E-state index contributed by atoms with van der Waals surface area (Å²) in [5.41, 5.74) is 3.31. The van der Waals surface area contributed by atoms with Gasteiger partial charge < -0.3 is 25.0 Å². The molecule has 1 saturated carbocycles. The van der Waals surface area contributed by atoms with Crippen LogP contribution in [-0.2, 0) is 13.2 Å². The summed E-state index contributed by atoms with van der Waals surface area (Å²) >= 11 is 0. The number of nitrogens with zero attached hydrogens (tertiary/aromatic N) is 3. The van der Waals surface area contributed by atoms with Crippen molar-refractivity contribution in [2.75, 3.05) is 38.0 Å². The van der Waals surface area contributed by atoms with Crippen LogP contribution in [0.25, 0.3) is 10.9 Å². The molecular weight excluding hydrogens is 486 g/mol. The summed E-state index contributed by atoms with van der Waals surface area (Å²) < 4.78 is 11.6. The number of aromatic nitrogens is 2. The third kappa shape index (κ3) is 6.98. The Morgan fingerprint density at radius 2 is 1.62 bits per heavy atom. The molecule has 1 aromatic heterocycles. The van der Waals surface area contributed by atoms with Crippen molar-refractivity contribution >= 4 is 22.7 Å². The van der Waals surface area contributed by atoms with E-state index in [0.29, 0.717) is 18.6 Å². The van der Waals surface area contributed by atoms with Crippen LogP contribution in [0.2, 0.25) is 0 Å². The molecule has 0 aliphatic heterocycles. The first kappa shape index (κ1) is 26.8. The molecule has 2 N–H and O–H groups in total. The van der Waals surface area contributed by atoms with Crippen LogP contribution in [0.15, 0.2) is 72.8 Å². The third-order valence-electron chi connectivity index (χ3n) is 7.41. The Morgan fingerprint density at radius 3 is 2.38 bits per heavy atom. The number of anilines is 2. The standard InChI is InChI=1S/C32H39N5O2/c1-37(2)31-27-11-7-8-12-28(27)35-32(36-31)34-26-16-13-23(14-17-26)20-33-21-25-15-18-29(38-3)30(19-25)39-22-24-9-5-4-6-10-24/h4-12,15,18-19,23,26,33H,13-14,16-17,20-22H2,1-3H3,(H,34,35,36)/t23-,26+. The Bertz CT molecular complexity index is 1350. The van der Waals surface area contributed by atoms with Gasteiger partial charge in [0.1, 0.15) is 12.4 Å². The van der Waals surface area contributed by atoms with Crippen molar-refractivity contribution in [2.24, 2.45) is 5.92 Å². The van der Waals surface area contributed by atoms with Crippen molar-refractivity contribution in [1.29, 1.82) is 0 Å². The van der Waals surface area contributed by atoms with Crippen LogP contribution < -0.4 is 25.0 Å². The van der Waals surface area contributed by atoms with Gasteiger partial charge in [0.2, 0.25) is 5.95 Å². The zero-order valence-electron chi connectivity index (χ0n) is 23.2. The first-order valence-corrected chi connectivity index (χ1v) is 13.8. The topological polar surface area (TPSA) is 71.5 Å². The van der Waals surface area contributed by atoms with Gasteiger partial charge in [-0.2, -0.15) is 4.98 Å². The van der Waals surface area contributed by atoms with Crippen LogP contribution in [0.3, 0.4) is 0 Å². The normalized spacial score (nSPS) is 17.1. The molecule has 1 fully saturated rings. The van der Waals surface area contributed by atoms with Gasteiger partial charge in [0.25, 0.3) is 0 Å². The van der Waals surface area contributed by atoms with Crippen LogP contribution in [0.5, 0.6) is 11.5 Å². The smallest absolute Gasteiger partial charge is 0.225 e. The van der Waals surface area contributed by atoms with E-state index in [1.54, 1.807) is 7.11 Å². The maximum atomic E-state index is 6.08. The Kier molecular flexibility index (Phi) is 8.78. The summed E-state index contributed by atoms with van der Waals surface area (Å²) in [6.07, 6.45) is 4.62. The van der Waals surface area contributed by atoms with E-state index in [-0.39, 0.29) is 0 Å². The van der Waals surface area contributed by atoms with E-state index in [1.807, 2.05) is 50.5 Å². The third-order valence-corrected chi connectivity index (χ3v) is 7.41. The number of ether oxygens (including phenoxy) is 2. The van der Waals surface area contributed by atoms with Gasteiger partial charge in [-0.05, 0) is 73.5 Å². The molecule has 0 amide bonds. The van der Waals surface area contributed by atoms with E-state index >= 15 is 0 Å². The lowest BCUT2D eigenvalue weighted by atomic mass is 9.86. The first-order valence-electron chi connectivity index (χ1n) is 13.8. The first-order chi connectivity index (χ1) is 19.1. The zero-order valence-corrected chi connectivity index (χ0v) is 23.2. The molecule has 0 spiro atoms. The second kappa shape index (κ2) is 12.8. The number of hydrogen-bond donors (Lipinski definition) is 2. The van der Waals surface area contributed by atoms with Crippen molar-refractivity contribution < 1.29 is 9.47 Å². The summed E-state index contributed by atoms with van der Waals surface area (Å²) in [5.74, 6) is 3.89. The molecule has 0 saturated heterocycles. The second-order valence-corrected chi connectivity index (χ2v) is 10.5. The maximum Gasteiger partial charge on any atom is 0.225 e. The van der Waals surface area contributed by atoms with Crippen LogP contribution >= 0.6 is 0 Å². The van der Waals surface area contributed by atoms with Gasteiger partial charge in [-0.25, -0.2) is 4.98 Å². The largest absolute Gasteiger partial charge is 0.493 e. The average Bonchev–Trinajstić information content (AvgIpc) is 2.97. The maximum absolute atomic E-state index is 6.08. The summed E-state index contributed by atoms with van der Waals surface area (Å²) in [6, 6.07) is 25.0. The Hall–Kier alpha value is -3.84. The van der Waals surface area contributed by atoms with E-state index < -0.39 is 0 Å². The zero-order chi connectivity index (χ0) is 27.0. The molecule has 0 unspecified atom stereocenters. The van der Waals surface area contributed by atoms with Gasteiger partial charge >= 0.3 is 0 Å². The molecule has 1 heterocycles. The number of fused-ring (bicyclic) bond motifs is 1. The molecule has 0 radical (unpaired) electrons. The Labute approximate surface area is 231 Å². The number of para-hydroxylation sites is 1. The molecule has 1 aliphatic carbocycles. The lowest BCUT2D eigenvalue weighted by Crippen LogP contribution is -2.31. The van der Waals surface area contributed by atoms with E-state index in [2.05, 4.69) is 51.9 Å². The molecule has 5 rings (SSSR count). The Balaban J connectivity index is 1.10. The molecule has 204 valence electrons. The second-order valence-electron chi connectivity index (χ2n) is 10.5. The fraction of sp³-hybridized carbons (Fsp3) is 0.375. The predicted octanol–water partition coefficient (Wildman–Crippen LogP) is 6.04. The molecule has 7 heteroatoms. The van der Waals surface area contributed by atoms with Crippen molar-refractivity contribution in [2.45, 2.75) is 44.9 Å². The van der Waals surface area contributed by atoms with Crippen LogP contribution in [0.4, 0.5) is 11.8 Å². The van der Waals surface area contributed by atoms with Crippen molar-refractivity contribution in [3.05, 3.63) is 83.9 Å². The van der Waals surface area contributed by atoms with E-state index in [9.17, 15) is 0 Å². The number of benzene rings is 3.